The highest BCUT2D eigenvalue weighted by Crippen LogP contribution is 2.24. The Labute approximate surface area is 195 Å². The number of aromatic nitrogens is 1. The van der Waals surface area contributed by atoms with E-state index in [1.54, 1.807) is 6.07 Å². The highest BCUT2D eigenvalue weighted by Gasteiger charge is 2.13. The average molecular weight is 438 g/mol. The van der Waals surface area contributed by atoms with Crippen molar-refractivity contribution in [2.75, 3.05) is 18.4 Å². The lowest BCUT2D eigenvalue weighted by Crippen LogP contribution is -2.30. The van der Waals surface area contributed by atoms with Crippen LogP contribution in [0.1, 0.15) is 29.5 Å². The molecule has 4 aromatic rings. The monoisotopic (exact) mass is 437 g/mol. The Morgan fingerprint density at radius 1 is 0.970 bits per heavy atom. The molecule has 3 aromatic carbocycles. The zero-order valence-corrected chi connectivity index (χ0v) is 19.2. The minimum atomic E-state index is 0.0180. The second-order valence-electron chi connectivity index (χ2n) is 9.20. The van der Waals surface area contributed by atoms with Crippen LogP contribution in [0.3, 0.4) is 0 Å². The van der Waals surface area contributed by atoms with E-state index >= 15 is 0 Å². The Balaban J connectivity index is 1.37. The first-order valence-corrected chi connectivity index (χ1v) is 11.9. The van der Waals surface area contributed by atoms with Crippen LogP contribution >= 0.6 is 0 Å². The van der Waals surface area contributed by atoms with Crippen molar-refractivity contribution in [2.24, 2.45) is 5.92 Å². The summed E-state index contributed by atoms with van der Waals surface area (Å²) in [5.74, 6) is 0.739. The fraction of sp³-hybridized carbons (Fsp3) is 0.276. The zero-order valence-electron chi connectivity index (χ0n) is 19.2. The molecule has 1 aliphatic rings. The van der Waals surface area contributed by atoms with Gasteiger partial charge in [0.1, 0.15) is 0 Å². The maximum absolute atomic E-state index is 12.8. The Bertz CT molecular complexity index is 1300. The van der Waals surface area contributed by atoms with E-state index in [-0.39, 0.29) is 5.56 Å². The highest BCUT2D eigenvalue weighted by molar-refractivity contribution is 5.83. The van der Waals surface area contributed by atoms with Crippen LogP contribution in [0.15, 0.2) is 83.7 Å². The molecule has 5 rings (SSSR count). The van der Waals surface area contributed by atoms with Crippen LogP contribution in [0.4, 0.5) is 11.4 Å². The number of benzene rings is 3. The van der Waals surface area contributed by atoms with Gasteiger partial charge in [0.05, 0.1) is 12.1 Å². The summed E-state index contributed by atoms with van der Waals surface area (Å²) >= 11 is 0. The van der Waals surface area contributed by atoms with Crippen molar-refractivity contribution in [1.82, 2.24) is 9.88 Å². The molecule has 0 saturated carbocycles. The smallest absolute Gasteiger partial charge is 0.251 e. The van der Waals surface area contributed by atoms with Crippen LogP contribution in [0.5, 0.6) is 0 Å². The Morgan fingerprint density at radius 3 is 2.55 bits per heavy atom. The molecule has 4 heteroatoms. The van der Waals surface area contributed by atoms with Crippen molar-refractivity contribution in [3.8, 4) is 0 Å². The summed E-state index contributed by atoms with van der Waals surface area (Å²) in [6, 6.07) is 26.8. The highest BCUT2D eigenvalue weighted by atomic mass is 16.1. The molecule has 1 atom stereocenters. The van der Waals surface area contributed by atoms with E-state index < -0.39 is 0 Å². The van der Waals surface area contributed by atoms with Gasteiger partial charge in [0.25, 0.3) is 5.56 Å². The third kappa shape index (κ3) is 5.01. The normalized spacial score (nSPS) is 16.1. The van der Waals surface area contributed by atoms with Crippen molar-refractivity contribution >= 4 is 22.3 Å². The van der Waals surface area contributed by atoms with Gasteiger partial charge in [-0.2, -0.15) is 0 Å². The van der Waals surface area contributed by atoms with E-state index in [0.717, 1.165) is 53.3 Å². The van der Waals surface area contributed by atoms with Gasteiger partial charge in [-0.25, -0.2) is 0 Å². The molecule has 1 unspecified atom stereocenters. The van der Waals surface area contributed by atoms with Gasteiger partial charge in [0.2, 0.25) is 0 Å². The van der Waals surface area contributed by atoms with Gasteiger partial charge in [-0.15, -0.1) is 0 Å². The summed E-state index contributed by atoms with van der Waals surface area (Å²) < 4.78 is 1.87. The van der Waals surface area contributed by atoms with Crippen molar-refractivity contribution in [1.29, 1.82) is 0 Å². The third-order valence-electron chi connectivity index (χ3n) is 6.75. The molecule has 1 saturated heterocycles. The van der Waals surface area contributed by atoms with Gasteiger partial charge in [0.15, 0.2) is 0 Å². The average Bonchev–Trinajstić information content (AvgIpc) is 2.84. The number of nitrogens with one attached hydrogen (secondary N) is 2. The van der Waals surface area contributed by atoms with Crippen molar-refractivity contribution in [3.05, 3.63) is 106 Å². The second-order valence-corrected chi connectivity index (χ2v) is 9.20. The number of anilines is 2. The summed E-state index contributed by atoms with van der Waals surface area (Å²) in [6.07, 6.45) is 3.73. The van der Waals surface area contributed by atoms with Crippen molar-refractivity contribution < 1.29 is 0 Å². The number of piperidine rings is 1. The van der Waals surface area contributed by atoms with Gasteiger partial charge in [0, 0.05) is 17.4 Å². The molecule has 2 heterocycles. The van der Waals surface area contributed by atoms with E-state index in [0.29, 0.717) is 6.54 Å². The summed E-state index contributed by atoms with van der Waals surface area (Å²) in [5.41, 5.74) is 6.75. The van der Waals surface area contributed by atoms with E-state index in [1.165, 1.54) is 24.0 Å². The molecular formula is C29H31N3O. The summed E-state index contributed by atoms with van der Waals surface area (Å²) in [6.45, 7) is 4.94. The van der Waals surface area contributed by atoms with Gasteiger partial charge >= 0.3 is 0 Å². The van der Waals surface area contributed by atoms with Crippen molar-refractivity contribution in [3.63, 3.8) is 0 Å². The summed E-state index contributed by atoms with van der Waals surface area (Å²) in [7, 11) is 0. The molecule has 0 aliphatic carbocycles. The van der Waals surface area contributed by atoms with Crippen LogP contribution in [0, 0.1) is 12.8 Å². The minimum Gasteiger partial charge on any atom is -0.355 e. The Hall–Kier alpha value is -3.37. The van der Waals surface area contributed by atoms with Crippen LogP contribution in [0.2, 0.25) is 0 Å². The molecule has 0 bridgehead atoms. The SMILES string of the molecule is Cc1ccccc1Cn1c(=O)ccc2ccc(Nc3ccc(CC4CCCNC4)cc3)cc21. The molecule has 0 amide bonds. The van der Waals surface area contributed by atoms with Crippen LogP contribution in [0.25, 0.3) is 10.9 Å². The number of hydrogen-bond donors (Lipinski definition) is 2. The Morgan fingerprint density at radius 2 is 1.76 bits per heavy atom. The zero-order chi connectivity index (χ0) is 22.6. The van der Waals surface area contributed by atoms with Gasteiger partial charge in [-0.05, 0) is 97.6 Å². The molecule has 1 aromatic heterocycles. The van der Waals surface area contributed by atoms with E-state index in [1.807, 2.05) is 22.8 Å². The minimum absolute atomic E-state index is 0.0180. The standard InChI is InChI=1S/C29H31N3O/c1-21-5-2-3-7-25(21)20-32-28-18-27(14-10-24(28)11-15-29(32)33)31-26-12-8-22(9-13-26)17-23-6-4-16-30-19-23/h2-3,5,7-15,18,23,30-31H,4,6,16-17,19-20H2,1H3. The van der Waals surface area contributed by atoms with Gasteiger partial charge < -0.3 is 15.2 Å². The molecule has 33 heavy (non-hydrogen) atoms. The molecule has 1 aliphatic heterocycles. The fourth-order valence-electron chi connectivity index (χ4n) is 4.81. The van der Waals surface area contributed by atoms with Crippen molar-refractivity contribution in [2.45, 2.75) is 32.7 Å². The van der Waals surface area contributed by atoms with Gasteiger partial charge in [-0.3, -0.25) is 4.79 Å². The van der Waals surface area contributed by atoms with Gasteiger partial charge in [-0.1, -0.05) is 42.5 Å². The van der Waals surface area contributed by atoms with E-state index in [4.69, 9.17) is 0 Å². The third-order valence-corrected chi connectivity index (χ3v) is 6.75. The topological polar surface area (TPSA) is 46.1 Å². The van der Waals surface area contributed by atoms with Crippen LogP contribution < -0.4 is 16.2 Å². The van der Waals surface area contributed by atoms with E-state index in [2.05, 4.69) is 72.2 Å². The molecule has 168 valence electrons. The quantitative estimate of drug-likeness (QED) is 0.410. The number of aryl methyl sites for hydroxylation is 1. The first-order chi connectivity index (χ1) is 16.2. The number of hydrogen-bond acceptors (Lipinski definition) is 3. The number of nitrogens with zero attached hydrogens (tertiary/aromatic N) is 1. The first-order valence-electron chi connectivity index (χ1n) is 11.9. The maximum atomic E-state index is 12.8. The molecule has 4 nitrogen and oxygen atoms in total. The van der Waals surface area contributed by atoms with Crippen LogP contribution in [-0.4, -0.2) is 17.7 Å². The molecular weight excluding hydrogens is 406 g/mol. The molecule has 0 spiro atoms. The fourth-order valence-corrected chi connectivity index (χ4v) is 4.81. The lowest BCUT2D eigenvalue weighted by Gasteiger charge is -2.22. The van der Waals surface area contributed by atoms with E-state index in [9.17, 15) is 4.79 Å². The molecule has 1 fully saturated rings. The lowest BCUT2D eigenvalue weighted by molar-refractivity contribution is 0.376. The summed E-state index contributed by atoms with van der Waals surface area (Å²) in [4.78, 5) is 12.8. The second kappa shape index (κ2) is 9.63. The Kier molecular flexibility index (Phi) is 6.27. The predicted octanol–water partition coefficient (Wildman–Crippen LogP) is 5.64. The number of fused-ring (bicyclic) bond motifs is 1. The summed E-state index contributed by atoms with van der Waals surface area (Å²) in [5, 5.41) is 8.09. The molecule has 2 N–H and O–H groups in total. The first kappa shape index (κ1) is 21.5. The number of pyridine rings is 1. The predicted molar refractivity (Wildman–Crippen MR) is 138 cm³/mol. The largest absolute Gasteiger partial charge is 0.355 e. The maximum Gasteiger partial charge on any atom is 0.251 e. The molecule has 0 radical (unpaired) electrons. The van der Waals surface area contributed by atoms with Crippen LogP contribution in [-0.2, 0) is 13.0 Å². The lowest BCUT2D eigenvalue weighted by atomic mass is 9.92. The number of rotatable bonds is 6.